The molecule has 38 heavy (non-hydrogen) atoms. The summed E-state index contributed by atoms with van der Waals surface area (Å²) < 4.78 is 37.0. The van der Waals surface area contributed by atoms with Gasteiger partial charge in [0.05, 0.1) is 5.75 Å². The molecule has 0 spiro atoms. The van der Waals surface area contributed by atoms with E-state index < -0.39 is 22.1 Å². The Hall–Kier alpha value is -3.05. The highest BCUT2D eigenvalue weighted by atomic mass is 32.2. The highest BCUT2D eigenvalue weighted by Crippen LogP contribution is 2.35. The Morgan fingerprint density at radius 1 is 1.29 bits per heavy atom. The lowest BCUT2D eigenvalue weighted by molar-refractivity contribution is 0.0640. The number of benzene rings is 1. The number of aromatic nitrogens is 2. The van der Waals surface area contributed by atoms with Gasteiger partial charge in [0.25, 0.3) is 0 Å². The Morgan fingerprint density at radius 3 is 2.66 bits per heavy atom. The summed E-state index contributed by atoms with van der Waals surface area (Å²) in [5, 5.41) is 13.1. The number of β-amino-alcohol motifs (C(OH)–C–C–N with tert-alkyl or cyclic N) is 1. The molecule has 0 aliphatic carbocycles. The summed E-state index contributed by atoms with van der Waals surface area (Å²) in [6, 6.07) is 5.94. The third-order valence-corrected chi connectivity index (χ3v) is 8.19. The molecule has 2 aliphatic rings. The van der Waals surface area contributed by atoms with Crippen molar-refractivity contribution in [3.05, 3.63) is 46.9 Å². The van der Waals surface area contributed by atoms with Crippen LogP contribution >= 0.6 is 0 Å². The Morgan fingerprint density at radius 2 is 2.03 bits per heavy atom. The van der Waals surface area contributed by atoms with Crippen LogP contribution in [0.1, 0.15) is 42.9 Å². The number of rotatable bonds is 9. The van der Waals surface area contributed by atoms with Crippen LogP contribution in [0.3, 0.4) is 0 Å². The van der Waals surface area contributed by atoms with Crippen molar-refractivity contribution in [2.45, 2.75) is 45.4 Å². The third-order valence-electron chi connectivity index (χ3n) is 7.11. The quantitative estimate of drug-likeness (QED) is 0.462. The normalized spacial score (nSPS) is 21.0. The predicted octanol–water partition coefficient (Wildman–Crippen LogP) is 3.41. The van der Waals surface area contributed by atoms with Crippen LogP contribution in [-0.2, 0) is 9.84 Å². The molecule has 4 rings (SSSR count). The number of halogens is 1. The molecular formula is C27H37FN6O3S. The van der Waals surface area contributed by atoms with Gasteiger partial charge in [-0.1, -0.05) is 19.9 Å². The van der Waals surface area contributed by atoms with Crippen LogP contribution in [0.5, 0.6) is 0 Å². The Bertz CT molecular complexity index is 1310. The van der Waals surface area contributed by atoms with E-state index in [0.717, 1.165) is 22.4 Å². The fraction of sp³-hybridized carbons (Fsp3) is 0.519. The molecule has 1 aromatic carbocycles. The fourth-order valence-corrected chi connectivity index (χ4v) is 6.19. The van der Waals surface area contributed by atoms with Gasteiger partial charge < -0.3 is 20.2 Å². The zero-order valence-electron chi connectivity index (χ0n) is 22.4. The number of sulfone groups is 1. The first kappa shape index (κ1) is 28.0. The first-order valence-corrected chi connectivity index (χ1v) is 14.9. The van der Waals surface area contributed by atoms with Crippen molar-refractivity contribution in [1.82, 2.24) is 9.97 Å². The van der Waals surface area contributed by atoms with Gasteiger partial charge in [0.2, 0.25) is 5.95 Å². The number of hydrogen-bond donors (Lipinski definition) is 2. The standard InChI is InChI=1S/C27H37FN6O3S/c1-17(2)20-6-7-23(34-13-19(14-34)16-38(5,36)37)18(3)21(20)12-26(29-4)31-25-8-10-30-27(32-25)33-11-9-22(28)24(35)15-33/h6-8,10,12,17,19,22,24,35H,4,9,11,13-16H2,1-3,5H3,(H,30,31,32)/b26-12+/t22-,24-/m1/s1. The minimum absolute atomic E-state index is 0.137. The molecule has 0 bridgehead atoms. The lowest BCUT2D eigenvalue weighted by Gasteiger charge is -2.42. The van der Waals surface area contributed by atoms with E-state index in [1.165, 1.54) is 6.26 Å². The lowest BCUT2D eigenvalue weighted by atomic mass is 9.90. The largest absolute Gasteiger partial charge is 0.388 e. The van der Waals surface area contributed by atoms with Crippen LogP contribution in [0, 0.1) is 12.8 Å². The molecule has 1 aromatic heterocycles. The second-order valence-corrected chi connectivity index (χ2v) is 12.8. The molecule has 2 aromatic rings. The SMILES string of the molecule is C=N/C(=C\c1c(C(C)C)ccc(N2CC(CS(C)(=O)=O)C2)c1C)Nc1ccnc(N2CC[C@@H](F)[C@H](O)C2)n1. The molecule has 0 radical (unpaired) electrons. The topological polar surface area (TPSA) is 111 Å². The van der Waals surface area contributed by atoms with Crippen LogP contribution < -0.4 is 15.1 Å². The van der Waals surface area contributed by atoms with Gasteiger partial charge in [-0.15, -0.1) is 0 Å². The molecule has 9 nitrogen and oxygen atoms in total. The molecular weight excluding hydrogens is 507 g/mol. The molecule has 2 aliphatic heterocycles. The second kappa shape index (κ2) is 11.4. The van der Waals surface area contributed by atoms with Crippen LogP contribution in [0.2, 0.25) is 0 Å². The van der Waals surface area contributed by atoms with E-state index in [2.05, 4.69) is 64.8 Å². The number of nitrogens with zero attached hydrogens (tertiary/aromatic N) is 5. The van der Waals surface area contributed by atoms with Crippen LogP contribution in [-0.4, -0.2) is 80.7 Å². The number of aliphatic hydroxyl groups excluding tert-OH is 1. The number of anilines is 3. The Balaban J connectivity index is 1.57. The van der Waals surface area contributed by atoms with Gasteiger partial charge in [0, 0.05) is 50.2 Å². The number of aliphatic imine (C=N–C) groups is 1. The summed E-state index contributed by atoms with van der Waals surface area (Å²) in [6.45, 7) is 12.1. The monoisotopic (exact) mass is 544 g/mol. The highest BCUT2D eigenvalue weighted by molar-refractivity contribution is 7.90. The molecule has 2 N–H and O–H groups in total. The summed E-state index contributed by atoms with van der Waals surface area (Å²) in [7, 11) is -3.00. The van der Waals surface area contributed by atoms with Gasteiger partial charge in [-0.25, -0.2) is 22.8 Å². The van der Waals surface area contributed by atoms with Crippen molar-refractivity contribution in [3.8, 4) is 0 Å². The summed E-state index contributed by atoms with van der Waals surface area (Å²) in [4.78, 5) is 17.0. The number of aliphatic hydroxyl groups is 1. The number of hydrogen-bond acceptors (Lipinski definition) is 9. The van der Waals surface area contributed by atoms with E-state index in [9.17, 15) is 17.9 Å². The number of piperidine rings is 1. The minimum atomic E-state index is -3.00. The second-order valence-electron chi connectivity index (χ2n) is 10.6. The summed E-state index contributed by atoms with van der Waals surface area (Å²) in [5.41, 5.74) is 4.35. The average molecular weight is 545 g/mol. The van der Waals surface area contributed by atoms with Crippen LogP contribution in [0.15, 0.2) is 35.2 Å². The van der Waals surface area contributed by atoms with E-state index in [1.54, 1.807) is 17.2 Å². The summed E-state index contributed by atoms with van der Waals surface area (Å²) >= 11 is 0. The third kappa shape index (κ3) is 6.50. The maximum atomic E-state index is 13.7. The summed E-state index contributed by atoms with van der Waals surface area (Å²) in [5.74, 6) is 2.05. The highest BCUT2D eigenvalue weighted by Gasteiger charge is 2.31. The van der Waals surface area contributed by atoms with Gasteiger partial charge in [0.1, 0.15) is 33.8 Å². The molecule has 2 atom stereocenters. The van der Waals surface area contributed by atoms with Crippen molar-refractivity contribution < 1.29 is 17.9 Å². The molecule has 206 valence electrons. The van der Waals surface area contributed by atoms with Gasteiger partial charge in [-0.3, -0.25) is 0 Å². The molecule has 0 amide bonds. The van der Waals surface area contributed by atoms with Crippen LogP contribution in [0.4, 0.5) is 21.8 Å². The average Bonchev–Trinajstić information content (AvgIpc) is 2.83. The van der Waals surface area contributed by atoms with E-state index in [-0.39, 0.29) is 30.6 Å². The maximum Gasteiger partial charge on any atom is 0.227 e. The van der Waals surface area contributed by atoms with Crippen molar-refractivity contribution in [2.24, 2.45) is 10.9 Å². The first-order chi connectivity index (χ1) is 17.9. The zero-order chi connectivity index (χ0) is 27.6. The van der Waals surface area contributed by atoms with Gasteiger partial charge >= 0.3 is 0 Å². The Kier molecular flexibility index (Phi) is 8.37. The molecule has 3 heterocycles. The van der Waals surface area contributed by atoms with E-state index in [1.807, 2.05) is 6.08 Å². The van der Waals surface area contributed by atoms with Crippen molar-refractivity contribution >= 4 is 40.1 Å². The van der Waals surface area contributed by atoms with E-state index in [0.29, 0.717) is 37.2 Å². The van der Waals surface area contributed by atoms with E-state index in [4.69, 9.17) is 0 Å². The number of alkyl halides is 1. The first-order valence-electron chi connectivity index (χ1n) is 12.9. The van der Waals surface area contributed by atoms with E-state index >= 15 is 0 Å². The predicted molar refractivity (Wildman–Crippen MR) is 152 cm³/mol. The Labute approximate surface area is 224 Å². The molecule has 0 unspecified atom stereocenters. The van der Waals surface area contributed by atoms with Gasteiger partial charge in [-0.2, -0.15) is 4.98 Å². The molecule has 0 saturated carbocycles. The van der Waals surface area contributed by atoms with Crippen molar-refractivity contribution in [3.63, 3.8) is 0 Å². The number of nitrogens with one attached hydrogen (secondary N) is 1. The maximum absolute atomic E-state index is 13.7. The lowest BCUT2D eigenvalue weighted by Crippen LogP contribution is -2.49. The van der Waals surface area contributed by atoms with Gasteiger partial charge in [-0.05, 0) is 60.9 Å². The minimum Gasteiger partial charge on any atom is -0.388 e. The van der Waals surface area contributed by atoms with Gasteiger partial charge in [0.15, 0.2) is 0 Å². The summed E-state index contributed by atoms with van der Waals surface area (Å²) in [6.07, 6.45) is 2.78. The van der Waals surface area contributed by atoms with Crippen molar-refractivity contribution in [2.75, 3.05) is 53.3 Å². The molecule has 2 fully saturated rings. The zero-order valence-corrected chi connectivity index (χ0v) is 23.2. The van der Waals surface area contributed by atoms with Crippen molar-refractivity contribution in [1.29, 1.82) is 0 Å². The smallest absolute Gasteiger partial charge is 0.227 e. The molecule has 11 heteroatoms. The molecule has 2 saturated heterocycles. The van der Waals surface area contributed by atoms with Crippen LogP contribution in [0.25, 0.3) is 6.08 Å². The fourth-order valence-electron chi connectivity index (χ4n) is 5.12.